The molecule has 2 N–H and O–H groups in total. The van der Waals surface area contributed by atoms with E-state index < -0.39 is 0 Å². The highest BCUT2D eigenvalue weighted by Crippen LogP contribution is 2.38. The van der Waals surface area contributed by atoms with Crippen molar-refractivity contribution in [3.8, 4) is 0 Å². The quantitative estimate of drug-likeness (QED) is 0.554. The molecular formula is C16H25N. The molecule has 1 aliphatic carbocycles. The van der Waals surface area contributed by atoms with Crippen LogP contribution in [0, 0.1) is 0 Å². The van der Waals surface area contributed by atoms with Gasteiger partial charge in [0.15, 0.2) is 0 Å². The van der Waals surface area contributed by atoms with Crippen molar-refractivity contribution in [1.29, 1.82) is 0 Å². The van der Waals surface area contributed by atoms with E-state index in [1.807, 2.05) is 6.08 Å². The Morgan fingerprint density at radius 2 is 2.12 bits per heavy atom. The lowest BCUT2D eigenvalue weighted by molar-refractivity contribution is 0.578. The second-order valence-corrected chi connectivity index (χ2v) is 5.50. The molecule has 1 nitrogen and oxygen atoms in total. The molecule has 0 heterocycles. The Hall–Kier alpha value is -1.08. The molecule has 0 aromatic rings. The van der Waals surface area contributed by atoms with E-state index in [0.717, 1.165) is 37.7 Å². The summed E-state index contributed by atoms with van der Waals surface area (Å²) < 4.78 is 0. The average molecular weight is 231 g/mol. The maximum absolute atomic E-state index is 6.32. The van der Waals surface area contributed by atoms with Gasteiger partial charge >= 0.3 is 0 Å². The lowest BCUT2D eigenvalue weighted by atomic mass is 9.90. The van der Waals surface area contributed by atoms with Crippen LogP contribution in [-0.4, -0.2) is 5.54 Å². The van der Waals surface area contributed by atoms with Crippen molar-refractivity contribution in [3.63, 3.8) is 0 Å². The summed E-state index contributed by atoms with van der Waals surface area (Å²) in [4.78, 5) is 0. The zero-order valence-corrected chi connectivity index (χ0v) is 11.3. The first-order chi connectivity index (χ1) is 7.86. The van der Waals surface area contributed by atoms with Gasteiger partial charge in [0.2, 0.25) is 0 Å². The molecule has 1 rings (SSSR count). The van der Waals surface area contributed by atoms with Gasteiger partial charge < -0.3 is 5.73 Å². The third kappa shape index (κ3) is 3.71. The van der Waals surface area contributed by atoms with Gasteiger partial charge in [0, 0.05) is 5.54 Å². The van der Waals surface area contributed by atoms with Crippen LogP contribution in [0.2, 0.25) is 0 Å². The van der Waals surface area contributed by atoms with Crippen molar-refractivity contribution in [3.05, 3.63) is 48.1 Å². The zero-order valence-electron chi connectivity index (χ0n) is 11.3. The Labute approximate surface area is 106 Å². The average Bonchev–Trinajstić information content (AvgIpc) is 2.51. The van der Waals surface area contributed by atoms with E-state index in [9.17, 15) is 0 Å². The fourth-order valence-corrected chi connectivity index (χ4v) is 2.61. The number of allylic oxidation sites excluding steroid dienone is 3. The summed E-state index contributed by atoms with van der Waals surface area (Å²) in [6, 6.07) is 0. The normalized spacial score (nSPS) is 27.1. The summed E-state index contributed by atoms with van der Waals surface area (Å²) >= 11 is 0. The van der Waals surface area contributed by atoms with Crippen LogP contribution in [0.15, 0.2) is 48.1 Å². The molecule has 1 atom stereocenters. The molecule has 0 aromatic carbocycles. The summed E-state index contributed by atoms with van der Waals surface area (Å²) in [5.74, 6) is 0. The zero-order chi connectivity index (χ0) is 13.1. The van der Waals surface area contributed by atoms with E-state index in [4.69, 9.17) is 5.73 Å². The molecule has 94 valence electrons. The van der Waals surface area contributed by atoms with E-state index in [0.29, 0.717) is 0 Å². The molecule has 0 radical (unpaired) electrons. The van der Waals surface area contributed by atoms with Gasteiger partial charge in [0.1, 0.15) is 0 Å². The summed E-state index contributed by atoms with van der Waals surface area (Å²) in [7, 11) is 0. The highest BCUT2D eigenvalue weighted by Gasteiger charge is 2.32. The SMILES string of the molecule is C=CC(=C)CCC/C(C)=C1/CC(=C)CC1(C)N. The van der Waals surface area contributed by atoms with Gasteiger partial charge in [-0.15, -0.1) is 0 Å². The van der Waals surface area contributed by atoms with Gasteiger partial charge in [-0.25, -0.2) is 0 Å². The maximum Gasteiger partial charge on any atom is 0.0383 e. The Kier molecular flexibility index (Phi) is 4.53. The van der Waals surface area contributed by atoms with Gasteiger partial charge in [0.25, 0.3) is 0 Å². The molecule has 1 aliphatic rings. The van der Waals surface area contributed by atoms with Gasteiger partial charge in [-0.3, -0.25) is 0 Å². The van der Waals surface area contributed by atoms with Gasteiger partial charge in [-0.1, -0.05) is 42.5 Å². The van der Waals surface area contributed by atoms with Crippen LogP contribution in [0.4, 0.5) is 0 Å². The largest absolute Gasteiger partial charge is 0.322 e. The van der Waals surface area contributed by atoms with Crippen LogP contribution in [0.25, 0.3) is 0 Å². The van der Waals surface area contributed by atoms with E-state index in [1.165, 1.54) is 16.7 Å². The van der Waals surface area contributed by atoms with Crippen LogP contribution in [0.3, 0.4) is 0 Å². The van der Waals surface area contributed by atoms with Crippen LogP contribution in [-0.2, 0) is 0 Å². The van der Waals surface area contributed by atoms with Crippen LogP contribution in [0.5, 0.6) is 0 Å². The predicted octanol–water partition coefficient (Wildman–Crippen LogP) is 4.28. The molecule has 1 fully saturated rings. The Bertz CT molecular complexity index is 369. The molecule has 0 amide bonds. The topological polar surface area (TPSA) is 26.0 Å². The first kappa shape index (κ1) is 14.0. The Balaban J connectivity index is 2.61. The first-order valence-electron chi connectivity index (χ1n) is 6.31. The highest BCUT2D eigenvalue weighted by molar-refractivity contribution is 5.36. The smallest absolute Gasteiger partial charge is 0.0383 e. The third-order valence-electron chi connectivity index (χ3n) is 3.59. The van der Waals surface area contributed by atoms with Crippen LogP contribution >= 0.6 is 0 Å². The van der Waals surface area contributed by atoms with Gasteiger partial charge in [0.05, 0.1) is 0 Å². The summed E-state index contributed by atoms with van der Waals surface area (Å²) in [6.07, 6.45) is 7.01. The minimum absolute atomic E-state index is 0.170. The van der Waals surface area contributed by atoms with Gasteiger partial charge in [-0.05, 0) is 51.5 Å². The van der Waals surface area contributed by atoms with E-state index in [1.54, 1.807) is 0 Å². The molecule has 0 saturated heterocycles. The molecule has 0 aromatic heterocycles. The van der Waals surface area contributed by atoms with E-state index in [2.05, 4.69) is 33.6 Å². The standard InChI is InChI=1S/C16H25N/c1-6-12(2)8-7-9-14(4)15-10-13(3)11-16(15,5)17/h6H,1-3,7-11,17H2,4-5H3/b15-14-. The maximum atomic E-state index is 6.32. The second-order valence-electron chi connectivity index (χ2n) is 5.50. The summed E-state index contributed by atoms with van der Waals surface area (Å²) in [5, 5.41) is 0. The fourth-order valence-electron chi connectivity index (χ4n) is 2.61. The number of nitrogens with two attached hydrogens (primary N) is 1. The van der Waals surface area contributed by atoms with Crippen molar-refractivity contribution in [2.24, 2.45) is 5.73 Å². The molecule has 0 bridgehead atoms. The lowest BCUT2D eigenvalue weighted by Crippen LogP contribution is -2.34. The lowest BCUT2D eigenvalue weighted by Gasteiger charge is -2.22. The summed E-state index contributed by atoms with van der Waals surface area (Å²) in [6.45, 7) is 16.0. The van der Waals surface area contributed by atoms with Crippen LogP contribution in [0.1, 0.15) is 46.0 Å². The minimum Gasteiger partial charge on any atom is -0.322 e. The minimum atomic E-state index is -0.170. The Morgan fingerprint density at radius 1 is 1.47 bits per heavy atom. The van der Waals surface area contributed by atoms with E-state index in [-0.39, 0.29) is 5.54 Å². The van der Waals surface area contributed by atoms with Crippen LogP contribution < -0.4 is 5.73 Å². The summed E-state index contributed by atoms with van der Waals surface area (Å²) in [5.41, 5.74) is 11.4. The van der Waals surface area contributed by atoms with E-state index >= 15 is 0 Å². The highest BCUT2D eigenvalue weighted by atomic mass is 14.7. The van der Waals surface area contributed by atoms with Crippen molar-refractivity contribution in [1.82, 2.24) is 0 Å². The third-order valence-corrected chi connectivity index (χ3v) is 3.59. The predicted molar refractivity (Wildman–Crippen MR) is 76.9 cm³/mol. The molecule has 17 heavy (non-hydrogen) atoms. The van der Waals surface area contributed by atoms with Gasteiger partial charge in [-0.2, -0.15) is 0 Å². The molecule has 1 saturated carbocycles. The molecule has 0 aliphatic heterocycles. The number of hydrogen-bond acceptors (Lipinski definition) is 1. The molecule has 0 spiro atoms. The second kappa shape index (κ2) is 5.50. The fraction of sp³-hybridized carbons (Fsp3) is 0.500. The van der Waals surface area contributed by atoms with Crippen molar-refractivity contribution in [2.45, 2.75) is 51.5 Å². The Morgan fingerprint density at radius 3 is 2.59 bits per heavy atom. The molecule has 1 heteroatoms. The van der Waals surface area contributed by atoms with Crippen molar-refractivity contribution < 1.29 is 0 Å². The number of rotatable bonds is 5. The molecule has 1 unspecified atom stereocenters. The van der Waals surface area contributed by atoms with Crippen molar-refractivity contribution >= 4 is 0 Å². The number of hydrogen-bond donors (Lipinski definition) is 1. The molecular weight excluding hydrogens is 206 g/mol. The van der Waals surface area contributed by atoms with Crippen molar-refractivity contribution in [2.75, 3.05) is 0 Å². The first-order valence-corrected chi connectivity index (χ1v) is 6.31. The monoisotopic (exact) mass is 231 g/mol.